The van der Waals surface area contributed by atoms with Gasteiger partial charge in [-0.1, -0.05) is 0 Å². The predicted molar refractivity (Wildman–Crippen MR) is 58.7 cm³/mol. The smallest absolute Gasteiger partial charge is 0.0553 e. The van der Waals surface area contributed by atoms with Crippen LogP contribution in [-0.4, -0.2) is 43.1 Å². The fourth-order valence-corrected chi connectivity index (χ4v) is 1.71. The van der Waals surface area contributed by atoms with E-state index < -0.39 is 0 Å². The zero-order chi connectivity index (χ0) is 9.97. The second-order valence-corrected chi connectivity index (χ2v) is 3.95. The second kappa shape index (κ2) is 3.96. The van der Waals surface area contributed by atoms with Crippen molar-refractivity contribution in [2.45, 2.75) is 6.92 Å². The van der Waals surface area contributed by atoms with Crippen LogP contribution in [0.25, 0.3) is 0 Å². The Morgan fingerprint density at radius 3 is 2.43 bits per heavy atom. The molecule has 3 heteroatoms. The van der Waals surface area contributed by atoms with E-state index in [0.717, 1.165) is 31.9 Å². The maximum Gasteiger partial charge on any atom is 0.0553 e. The van der Waals surface area contributed by atoms with E-state index in [1.807, 2.05) is 13.1 Å². The molecule has 0 bridgehead atoms. The van der Waals surface area contributed by atoms with Gasteiger partial charge in [-0.05, 0) is 26.1 Å². The summed E-state index contributed by atoms with van der Waals surface area (Å²) in [7, 11) is 2.17. The van der Waals surface area contributed by atoms with Crippen LogP contribution in [0, 0.1) is 6.92 Å². The van der Waals surface area contributed by atoms with E-state index in [2.05, 4.69) is 34.0 Å². The molecule has 0 amide bonds. The highest BCUT2D eigenvalue weighted by Gasteiger charge is 2.13. The van der Waals surface area contributed by atoms with Crippen molar-refractivity contribution in [2.24, 2.45) is 0 Å². The number of nitrogens with zero attached hydrogens (tertiary/aromatic N) is 3. The van der Waals surface area contributed by atoms with Crippen LogP contribution in [0.15, 0.2) is 18.3 Å². The number of hydrogen-bond donors (Lipinski definition) is 0. The molecule has 1 fully saturated rings. The molecular formula is C11H17N3. The molecule has 0 atom stereocenters. The molecule has 2 heterocycles. The third kappa shape index (κ3) is 2.04. The van der Waals surface area contributed by atoms with Crippen LogP contribution < -0.4 is 4.90 Å². The Kier molecular flexibility index (Phi) is 2.68. The Balaban J connectivity index is 2.05. The topological polar surface area (TPSA) is 19.4 Å². The van der Waals surface area contributed by atoms with Crippen LogP contribution in [0.4, 0.5) is 5.69 Å². The first kappa shape index (κ1) is 9.46. The third-order valence-electron chi connectivity index (χ3n) is 2.76. The summed E-state index contributed by atoms with van der Waals surface area (Å²) in [6.07, 6.45) is 1.97. The number of hydrogen-bond acceptors (Lipinski definition) is 3. The minimum Gasteiger partial charge on any atom is -0.368 e. The summed E-state index contributed by atoms with van der Waals surface area (Å²) in [5.41, 5.74) is 2.34. The number of rotatable bonds is 1. The van der Waals surface area contributed by atoms with Gasteiger partial charge in [-0.25, -0.2) is 0 Å². The van der Waals surface area contributed by atoms with Crippen molar-refractivity contribution in [2.75, 3.05) is 38.1 Å². The lowest BCUT2D eigenvalue weighted by Gasteiger charge is -2.33. The van der Waals surface area contributed by atoms with Gasteiger partial charge < -0.3 is 9.80 Å². The molecule has 0 aliphatic carbocycles. The monoisotopic (exact) mass is 191 g/mol. The van der Waals surface area contributed by atoms with Crippen LogP contribution in [0.2, 0.25) is 0 Å². The molecule has 0 spiro atoms. The second-order valence-electron chi connectivity index (χ2n) is 3.95. The minimum absolute atomic E-state index is 1.09. The first-order valence-corrected chi connectivity index (χ1v) is 5.12. The van der Waals surface area contributed by atoms with Gasteiger partial charge in [0.1, 0.15) is 0 Å². The molecule has 1 aromatic rings. The largest absolute Gasteiger partial charge is 0.368 e. The molecule has 3 nitrogen and oxygen atoms in total. The Hall–Kier alpha value is -1.09. The quantitative estimate of drug-likeness (QED) is 0.663. The fourth-order valence-electron chi connectivity index (χ4n) is 1.71. The van der Waals surface area contributed by atoms with Crippen LogP contribution >= 0.6 is 0 Å². The number of aromatic nitrogens is 1. The molecular weight excluding hydrogens is 174 g/mol. The maximum absolute atomic E-state index is 4.32. The van der Waals surface area contributed by atoms with Gasteiger partial charge in [-0.2, -0.15) is 0 Å². The highest BCUT2D eigenvalue weighted by Crippen LogP contribution is 2.14. The van der Waals surface area contributed by atoms with Crippen molar-refractivity contribution in [3.63, 3.8) is 0 Å². The van der Waals surface area contributed by atoms with Crippen LogP contribution in [0.1, 0.15) is 5.69 Å². The van der Waals surface area contributed by atoms with Crippen molar-refractivity contribution >= 4 is 5.69 Å². The molecule has 2 rings (SSSR count). The summed E-state index contributed by atoms with van der Waals surface area (Å²) in [6, 6.07) is 4.24. The summed E-state index contributed by atoms with van der Waals surface area (Å²) in [5.74, 6) is 0. The predicted octanol–water partition coefficient (Wildman–Crippen LogP) is 1.14. The van der Waals surface area contributed by atoms with E-state index in [4.69, 9.17) is 0 Å². The average Bonchev–Trinajstić information content (AvgIpc) is 2.21. The number of anilines is 1. The van der Waals surface area contributed by atoms with Gasteiger partial charge in [-0.15, -0.1) is 0 Å². The van der Waals surface area contributed by atoms with E-state index in [1.54, 1.807) is 0 Å². The van der Waals surface area contributed by atoms with Crippen molar-refractivity contribution in [3.8, 4) is 0 Å². The molecule has 0 aromatic carbocycles. The molecule has 0 saturated carbocycles. The maximum atomic E-state index is 4.32. The Morgan fingerprint density at radius 2 is 1.86 bits per heavy atom. The van der Waals surface area contributed by atoms with Gasteiger partial charge >= 0.3 is 0 Å². The van der Waals surface area contributed by atoms with Gasteiger partial charge in [0.25, 0.3) is 0 Å². The van der Waals surface area contributed by atoms with E-state index in [-0.39, 0.29) is 0 Å². The van der Waals surface area contributed by atoms with Gasteiger partial charge in [0.15, 0.2) is 0 Å². The van der Waals surface area contributed by atoms with Gasteiger partial charge in [0.05, 0.1) is 11.9 Å². The Morgan fingerprint density at radius 1 is 1.14 bits per heavy atom. The zero-order valence-corrected chi connectivity index (χ0v) is 8.90. The fraction of sp³-hybridized carbons (Fsp3) is 0.545. The van der Waals surface area contributed by atoms with Gasteiger partial charge in [0.2, 0.25) is 0 Å². The molecule has 1 aliphatic heterocycles. The summed E-state index contributed by atoms with van der Waals surface area (Å²) >= 11 is 0. The molecule has 1 saturated heterocycles. The third-order valence-corrected chi connectivity index (χ3v) is 2.76. The summed E-state index contributed by atoms with van der Waals surface area (Å²) < 4.78 is 0. The summed E-state index contributed by atoms with van der Waals surface area (Å²) in [4.78, 5) is 9.07. The van der Waals surface area contributed by atoms with E-state index in [1.165, 1.54) is 5.69 Å². The van der Waals surface area contributed by atoms with E-state index >= 15 is 0 Å². The Bertz CT molecular complexity index is 286. The van der Waals surface area contributed by atoms with E-state index in [0.29, 0.717) is 0 Å². The number of piperazine rings is 1. The highest BCUT2D eigenvalue weighted by molar-refractivity contribution is 5.44. The molecule has 14 heavy (non-hydrogen) atoms. The lowest BCUT2D eigenvalue weighted by atomic mass is 10.2. The van der Waals surface area contributed by atoms with Crippen molar-refractivity contribution in [1.29, 1.82) is 0 Å². The average molecular weight is 191 g/mol. The lowest BCUT2D eigenvalue weighted by Crippen LogP contribution is -2.44. The SMILES string of the molecule is Cc1ccc(N2CCN(C)CC2)cn1. The first-order valence-electron chi connectivity index (χ1n) is 5.12. The van der Waals surface area contributed by atoms with Crippen molar-refractivity contribution < 1.29 is 0 Å². The summed E-state index contributed by atoms with van der Waals surface area (Å²) in [6.45, 7) is 6.54. The number of pyridine rings is 1. The Labute approximate surface area is 85.4 Å². The van der Waals surface area contributed by atoms with Crippen molar-refractivity contribution in [3.05, 3.63) is 24.0 Å². The van der Waals surface area contributed by atoms with Crippen LogP contribution in [-0.2, 0) is 0 Å². The molecule has 1 aromatic heterocycles. The number of likely N-dealkylation sites (N-methyl/N-ethyl adjacent to an activating group) is 1. The lowest BCUT2D eigenvalue weighted by molar-refractivity contribution is 0.313. The number of aryl methyl sites for hydroxylation is 1. The minimum atomic E-state index is 1.09. The van der Waals surface area contributed by atoms with Crippen LogP contribution in [0.5, 0.6) is 0 Å². The van der Waals surface area contributed by atoms with Gasteiger partial charge in [-0.3, -0.25) is 4.98 Å². The normalized spacial score (nSPS) is 18.6. The van der Waals surface area contributed by atoms with Gasteiger partial charge in [0, 0.05) is 31.9 Å². The first-order chi connectivity index (χ1) is 6.75. The highest BCUT2D eigenvalue weighted by atomic mass is 15.2. The molecule has 0 N–H and O–H groups in total. The molecule has 0 radical (unpaired) electrons. The molecule has 76 valence electrons. The molecule has 0 unspecified atom stereocenters. The van der Waals surface area contributed by atoms with Crippen molar-refractivity contribution in [1.82, 2.24) is 9.88 Å². The summed E-state index contributed by atoms with van der Waals surface area (Å²) in [5, 5.41) is 0. The zero-order valence-electron chi connectivity index (χ0n) is 8.90. The van der Waals surface area contributed by atoms with E-state index in [9.17, 15) is 0 Å². The van der Waals surface area contributed by atoms with Crippen LogP contribution in [0.3, 0.4) is 0 Å². The standard InChI is InChI=1S/C11H17N3/c1-10-3-4-11(9-12-10)14-7-5-13(2)6-8-14/h3-4,9H,5-8H2,1-2H3. The molecule has 1 aliphatic rings.